The van der Waals surface area contributed by atoms with Crippen LogP contribution in [0.15, 0.2) is 12.1 Å². The molecule has 8 heteroatoms. The summed E-state index contributed by atoms with van der Waals surface area (Å²) >= 11 is 0. The van der Waals surface area contributed by atoms with Crippen molar-refractivity contribution >= 4 is 24.5 Å². The Bertz CT molecular complexity index is 474. The number of hydrogen-bond donors (Lipinski definition) is 0. The van der Waals surface area contributed by atoms with E-state index in [1.165, 1.54) is 0 Å². The van der Waals surface area contributed by atoms with Crippen LogP contribution < -0.4 is 5.46 Å². The average molecular weight is 230 g/mol. The highest BCUT2D eigenvalue weighted by molar-refractivity contribution is 6.71. The van der Waals surface area contributed by atoms with E-state index in [1.54, 1.807) is 0 Å². The van der Waals surface area contributed by atoms with Gasteiger partial charge in [0.15, 0.2) is 17.5 Å². The molecule has 1 aliphatic heterocycles. The summed E-state index contributed by atoms with van der Waals surface area (Å²) in [5, 5.41) is 0. The monoisotopic (exact) mass is 230 g/mol. The molecule has 2 rings (SSSR count). The highest BCUT2D eigenvalue weighted by atomic mass is 19.2. The molecule has 0 amide bonds. The Morgan fingerprint density at radius 3 is 2.06 bits per heavy atom. The first-order chi connectivity index (χ1) is 7.50. The summed E-state index contributed by atoms with van der Waals surface area (Å²) in [5.41, 5.74) is -0.557. The van der Waals surface area contributed by atoms with Crippen molar-refractivity contribution < 1.29 is 32.1 Å². The van der Waals surface area contributed by atoms with E-state index in [-0.39, 0.29) is 0 Å². The van der Waals surface area contributed by atoms with Crippen molar-refractivity contribution in [3.05, 3.63) is 29.6 Å². The van der Waals surface area contributed by atoms with Gasteiger partial charge in [0, 0.05) is 0 Å². The molecule has 0 atom stereocenters. The Labute approximate surface area is 87.1 Å². The lowest BCUT2D eigenvalue weighted by atomic mass is 9.79. The summed E-state index contributed by atoms with van der Waals surface area (Å²) in [6, 6.07) is 1.46. The van der Waals surface area contributed by atoms with Gasteiger partial charge in [-0.2, -0.15) is 0 Å². The van der Waals surface area contributed by atoms with E-state index >= 15 is 0 Å². The Kier molecular flexibility index (Phi) is 2.33. The van der Waals surface area contributed by atoms with Crippen molar-refractivity contribution in [2.45, 2.75) is 0 Å². The van der Waals surface area contributed by atoms with Crippen LogP contribution in [0.25, 0.3) is 0 Å². The zero-order valence-corrected chi connectivity index (χ0v) is 7.50. The van der Waals surface area contributed by atoms with Gasteiger partial charge in [-0.3, -0.25) is 0 Å². The Hall–Kier alpha value is -1.99. The van der Waals surface area contributed by atoms with E-state index in [1.807, 2.05) is 0 Å². The van der Waals surface area contributed by atoms with Crippen LogP contribution in [0.1, 0.15) is 0 Å². The topological polar surface area (TPSA) is 52.6 Å². The summed E-state index contributed by atoms with van der Waals surface area (Å²) < 4.78 is 47.1. The predicted octanol–water partition coefficient (Wildman–Crippen LogP) is -0.101. The largest absolute Gasteiger partial charge is 0.640 e. The molecule has 1 fully saturated rings. The lowest BCUT2D eigenvalue weighted by Crippen LogP contribution is -2.35. The fourth-order valence-electron chi connectivity index (χ4n) is 1.16. The van der Waals surface area contributed by atoms with Crippen LogP contribution >= 0.6 is 0 Å². The summed E-state index contributed by atoms with van der Waals surface area (Å²) in [7, 11) is -1.67. The van der Waals surface area contributed by atoms with Gasteiger partial charge in [-0.25, -0.2) is 22.8 Å². The normalized spacial score (nSPS) is 15.1. The molecule has 16 heavy (non-hydrogen) atoms. The first-order valence-corrected chi connectivity index (χ1v) is 4.05. The van der Waals surface area contributed by atoms with Gasteiger partial charge < -0.3 is 9.31 Å². The van der Waals surface area contributed by atoms with Crippen molar-refractivity contribution in [1.82, 2.24) is 0 Å². The van der Waals surface area contributed by atoms with Crippen LogP contribution in [-0.4, -0.2) is 19.1 Å². The molecule has 0 N–H and O–H groups in total. The molecule has 0 aliphatic carbocycles. The molecule has 0 aromatic heterocycles. The van der Waals surface area contributed by atoms with Crippen molar-refractivity contribution in [1.29, 1.82) is 0 Å². The van der Waals surface area contributed by atoms with Gasteiger partial charge in [-0.1, -0.05) is 6.07 Å². The maximum atomic E-state index is 13.2. The predicted molar refractivity (Wildman–Crippen MR) is 43.9 cm³/mol. The number of benzene rings is 1. The van der Waals surface area contributed by atoms with Crippen LogP contribution in [0, 0.1) is 17.5 Å². The van der Waals surface area contributed by atoms with Crippen LogP contribution in [-0.2, 0) is 18.9 Å². The molecule has 1 aromatic carbocycles. The first kappa shape index (κ1) is 10.5. The van der Waals surface area contributed by atoms with E-state index in [2.05, 4.69) is 9.31 Å². The van der Waals surface area contributed by atoms with Crippen LogP contribution in [0.3, 0.4) is 0 Å². The fraction of sp³-hybridized carbons (Fsp3) is 0. The molecule has 1 aromatic rings. The SMILES string of the molecule is O=C1OB(c2ccc(F)c(F)c2F)OC1=O. The van der Waals surface area contributed by atoms with Gasteiger partial charge in [0.1, 0.15) is 0 Å². The van der Waals surface area contributed by atoms with Crippen molar-refractivity contribution in [3.63, 3.8) is 0 Å². The number of carbonyl (C=O) groups excluding carboxylic acids is 2. The maximum absolute atomic E-state index is 13.2. The summed E-state index contributed by atoms with van der Waals surface area (Å²) in [4.78, 5) is 21.3. The second-order valence-corrected chi connectivity index (χ2v) is 2.91. The number of rotatable bonds is 1. The van der Waals surface area contributed by atoms with E-state index < -0.39 is 42.0 Å². The van der Waals surface area contributed by atoms with Gasteiger partial charge in [-0.15, -0.1) is 0 Å². The van der Waals surface area contributed by atoms with Crippen molar-refractivity contribution in [3.8, 4) is 0 Å². The third-order valence-corrected chi connectivity index (χ3v) is 1.91. The zero-order chi connectivity index (χ0) is 11.9. The van der Waals surface area contributed by atoms with E-state index in [4.69, 9.17) is 0 Å². The van der Waals surface area contributed by atoms with E-state index in [9.17, 15) is 22.8 Å². The zero-order valence-electron chi connectivity index (χ0n) is 7.50. The van der Waals surface area contributed by atoms with Gasteiger partial charge in [0.2, 0.25) is 0 Å². The Morgan fingerprint density at radius 2 is 1.50 bits per heavy atom. The van der Waals surface area contributed by atoms with Gasteiger partial charge in [0.25, 0.3) is 0 Å². The van der Waals surface area contributed by atoms with E-state index in [0.29, 0.717) is 6.07 Å². The average Bonchev–Trinajstić information content (AvgIpc) is 2.56. The summed E-state index contributed by atoms with van der Waals surface area (Å²) in [6.07, 6.45) is 0. The lowest BCUT2D eigenvalue weighted by molar-refractivity contribution is -0.150. The lowest BCUT2D eigenvalue weighted by Gasteiger charge is -2.04. The van der Waals surface area contributed by atoms with Gasteiger partial charge >= 0.3 is 19.1 Å². The molecule has 0 spiro atoms. The second-order valence-electron chi connectivity index (χ2n) is 2.91. The summed E-state index contributed by atoms with van der Waals surface area (Å²) in [6.45, 7) is 0. The highest BCUT2D eigenvalue weighted by Gasteiger charge is 2.44. The molecule has 0 radical (unpaired) electrons. The molecule has 1 saturated heterocycles. The number of halogens is 3. The summed E-state index contributed by atoms with van der Waals surface area (Å²) in [5.74, 6) is -7.30. The minimum absolute atomic E-state index is 0.557. The van der Waals surface area contributed by atoms with Crippen molar-refractivity contribution in [2.75, 3.05) is 0 Å². The van der Waals surface area contributed by atoms with Crippen LogP contribution in [0.4, 0.5) is 13.2 Å². The molecule has 0 bridgehead atoms. The standard InChI is InChI=1S/C8H2BF3O4/c10-4-2-1-3(5(11)6(4)12)9-15-7(13)8(14)16-9/h1-2H. The number of carbonyl (C=O) groups is 2. The molecule has 1 heterocycles. The Balaban J connectivity index is 2.39. The fourth-order valence-corrected chi connectivity index (χ4v) is 1.16. The van der Waals surface area contributed by atoms with Crippen LogP contribution in [0.5, 0.6) is 0 Å². The third kappa shape index (κ3) is 1.52. The minimum atomic E-state index is -1.73. The minimum Gasteiger partial charge on any atom is -0.487 e. The quantitative estimate of drug-likeness (QED) is 0.384. The van der Waals surface area contributed by atoms with Crippen molar-refractivity contribution in [2.24, 2.45) is 0 Å². The molecule has 0 unspecified atom stereocenters. The third-order valence-electron chi connectivity index (χ3n) is 1.91. The second kappa shape index (κ2) is 3.55. The maximum Gasteiger partial charge on any atom is 0.640 e. The molecular formula is C8H2BF3O4. The molecule has 4 nitrogen and oxygen atoms in total. The molecular weight excluding hydrogens is 228 g/mol. The Morgan fingerprint density at radius 1 is 0.938 bits per heavy atom. The number of hydrogen-bond acceptors (Lipinski definition) is 4. The first-order valence-electron chi connectivity index (χ1n) is 4.05. The molecule has 82 valence electrons. The smallest absolute Gasteiger partial charge is 0.487 e. The molecule has 1 aliphatic rings. The highest BCUT2D eigenvalue weighted by Crippen LogP contribution is 2.11. The molecule has 0 saturated carbocycles. The van der Waals surface area contributed by atoms with E-state index in [0.717, 1.165) is 6.07 Å². The van der Waals surface area contributed by atoms with Gasteiger partial charge in [0.05, 0.1) is 5.46 Å². The van der Waals surface area contributed by atoms with Gasteiger partial charge in [-0.05, 0) is 6.07 Å². The van der Waals surface area contributed by atoms with Crippen LogP contribution in [0.2, 0.25) is 0 Å².